The monoisotopic (exact) mass is 605 g/mol. The molecular formula is C26H22BrCl2N3O5. The van der Waals surface area contributed by atoms with E-state index in [0.717, 1.165) is 5.56 Å². The molecule has 192 valence electrons. The number of para-hydroxylation sites is 1. The molecule has 8 nitrogen and oxygen atoms in total. The largest absolute Gasteiger partial charge is 0.493 e. The molecule has 1 saturated heterocycles. The molecule has 0 unspecified atom stereocenters. The van der Waals surface area contributed by atoms with Crippen LogP contribution in [0.3, 0.4) is 0 Å². The molecule has 0 saturated carbocycles. The highest BCUT2D eigenvalue weighted by Crippen LogP contribution is 2.53. The van der Waals surface area contributed by atoms with Gasteiger partial charge in [0.2, 0.25) is 0 Å². The van der Waals surface area contributed by atoms with Gasteiger partial charge in [-0.3, -0.25) is 19.8 Å². The summed E-state index contributed by atoms with van der Waals surface area (Å²) in [5.41, 5.74) is 1.25. The van der Waals surface area contributed by atoms with Gasteiger partial charge in [0.1, 0.15) is 6.61 Å². The van der Waals surface area contributed by atoms with Crippen molar-refractivity contribution in [1.82, 2.24) is 4.90 Å². The Labute approximate surface area is 231 Å². The van der Waals surface area contributed by atoms with Crippen molar-refractivity contribution in [3.05, 3.63) is 95.9 Å². The molecule has 0 aliphatic carbocycles. The van der Waals surface area contributed by atoms with Gasteiger partial charge in [-0.05, 0) is 64.4 Å². The molecule has 1 spiro atoms. The number of carbonyl (C=O) groups is 1. The number of amides is 1. The first-order valence-electron chi connectivity index (χ1n) is 11.4. The van der Waals surface area contributed by atoms with E-state index in [1.54, 1.807) is 60.5 Å². The van der Waals surface area contributed by atoms with Gasteiger partial charge >= 0.3 is 0 Å². The van der Waals surface area contributed by atoms with Crippen molar-refractivity contribution >= 4 is 50.7 Å². The van der Waals surface area contributed by atoms with Crippen molar-refractivity contribution in [1.29, 1.82) is 0 Å². The average molecular weight is 607 g/mol. The van der Waals surface area contributed by atoms with E-state index in [1.807, 2.05) is 6.07 Å². The molecule has 11 heteroatoms. The maximum atomic E-state index is 13.3. The van der Waals surface area contributed by atoms with Crippen LogP contribution in [-0.2, 0) is 16.9 Å². The summed E-state index contributed by atoms with van der Waals surface area (Å²) in [5.74, 6) is -0.134. The quantitative estimate of drug-likeness (QED) is 0.279. The number of nitrogens with zero attached hydrogens (tertiary/aromatic N) is 2. The minimum absolute atomic E-state index is 0.203. The van der Waals surface area contributed by atoms with E-state index in [-0.39, 0.29) is 11.5 Å². The van der Waals surface area contributed by atoms with Gasteiger partial charge in [0.05, 0.1) is 27.5 Å². The first-order valence-corrected chi connectivity index (χ1v) is 12.9. The molecule has 37 heavy (non-hydrogen) atoms. The molecule has 3 atom stereocenters. The molecule has 0 aromatic heterocycles. The summed E-state index contributed by atoms with van der Waals surface area (Å²) < 4.78 is 12.2. The number of rotatable bonds is 6. The van der Waals surface area contributed by atoms with E-state index in [0.29, 0.717) is 49.4 Å². The van der Waals surface area contributed by atoms with Gasteiger partial charge in [-0.2, -0.15) is 0 Å². The molecule has 3 aromatic rings. The Bertz CT molecular complexity index is 1420. The van der Waals surface area contributed by atoms with Crippen molar-refractivity contribution in [3.63, 3.8) is 0 Å². The molecule has 2 aliphatic rings. The fourth-order valence-corrected chi connectivity index (χ4v) is 6.35. The highest BCUT2D eigenvalue weighted by Gasteiger charge is 2.68. The predicted molar refractivity (Wildman–Crippen MR) is 144 cm³/mol. The Kier molecular flexibility index (Phi) is 6.83. The van der Waals surface area contributed by atoms with E-state index >= 15 is 0 Å². The van der Waals surface area contributed by atoms with E-state index in [1.165, 1.54) is 7.11 Å². The fraction of sp³-hybridized carbons (Fsp3) is 0.269. The number of methoxy groups -OCH3 is 1. The van der Waals surface area contributed by atoms with Crippen LogP contribution in [0, 0.1) is 10.1 Å². The molecule has 3 aromatic carbocycles. The van der Waals surface area contributed by atoms with E-state index in [4.69, 9.17) is 32.7 Å². The van der Waals surface area contributed by atoms with Gasteiger partial charge in [-0.25, -0.2) is 0 Å². The van der Waals surface area contributed by atoms with Gasteiger partial charge in [0.25, 0.3) is 11.9 Å². The number of likely N-dealkylation sites (N-methyl/N-ethyl adjacent to an activating group) is 1. The lowest BCUT2D eigenvalue weighted by molar-refractivity contribution is -0.534. The third-order valence-corrected chi connectivity index (χ3v) is 8.42. The molecule has 2 heterocycles. The van der Waals surface area contributed by atoms with Gasteiger partial charge in [-0.15, -0.1) is 0 Å². The third-order valence-electron chi connectivity index (χ3n) is 7.09. The SMILES string of the molecule is COc1cc([C@@H]2CN(C)[C@]3(C(=O)Nc4ccccc43)[C@H]2[N+](=O)[O-])cc(Br)c1OCc1ccc(Cl)c(Cl)c1. The lowest BCUT2D eigenvalue weighted by atomic mass is 9.79. The number of fused-ring (bicyclic) bond motifs is 2. The maximum absolute atomic E-state index is 13.3. The normalized spacial score (nSPS) is 22.7. The molecule has 1 fully saturated rings. The van der Waals surface area contributed by atoms with E-state index in [2.05, 4.69) is 21.2 Å². The van der Waals surface area contributed by atoms with Crippen LogP contribution in [0.1, 0.15) is 22.6 Å². The lowest BCUT2D eigenvalue weighted by Crippen LogP contribution is -2.54. The van der Waals surface area contributed by atoms with Crippen LogP contribution in [0.25, 0.3) is 0 Å². The molecule has 0 radical (unpaired) electrons. The highest BCUT2D eigenvalue weighted by molar-refractivity contribution is 9.10. The van der Waals surface area contributed by atoms with Gasteiger partial charge in [-0.1, -0.05) is 47.5 Å². The van der Waals surface area contributed by atoms with Crippen molar-refractivity contribution in [2.75, 3.05) is 26.0 Å². The summed E-state index contributed by atoms with van der Waals surface area (Å²) in [7, 11) is 3.25. The number of hydrogen-bond acceptors (Lipinski definition) is 6. The first-order chi connectivity index (χ1) is 17.7. The van der Waals surface area contributed by atoms with Crippen molar-refractivity contribution in [2.45, 2.75) is 24.1 Å². The Balaban J connectivity index is 1.51. The Morgan fingerprint density at radius 1 is 1.19 bits per heavy atom. The number of carbonyl (C=O) groups excluding carboxylic acids is 1. The number of anilines is 1. The Morgan fingerprint density at radius 3 is 2.65 bits per heavy atom. The molecule has 5 rings (SSSR count). The third kappa shape index (κ3) is 4.14. The zero-order valence-electron chi connectivity index (χ0n) is 19.8. The maximum Gasteiger partial charge on any atom is 0.256 e. The molecule has 1 amide bonds. The summed E-state index contributed by atoms with van der Waals surface area (Å²) in [6.45, 7) is 0.501. The van der Waals surface area contributed by atoms with Crippen molar-refractivity contribution < 1.29 is 19.2 Å². The Hall–Kier alpha value is -2.85. The summed E-state index contributed by atoms with van der Waals surface area (Å²) >= 11 is 15.7. The zero-order valence-corrected chi connectivity index (χ0v) is 22.9. The minimum Gasteiger partial charge on any atom is -0.493 e. The zero-order chi connectivity index (χ0) is 26.5. The minimum atomic E-state index is -1.42. The van der Waals surface area contributed by atoms with Crippen LogP contribution in [-0.4, -0.2) is 42.5 Å². The smallest absolute Gasteiger partial charge is 0.256 e. The summed E-state index contributed by atoms with van der Waals surface area (Å²) in [4.78, 5) is 27.4. The van der Waals surface area contributed by atoms with Gasteiger partial charge in [0, 0.05) is 22.7 Å². The highest BCUT2D eigenvalue weighted by atomic mass is 79.9. The molecular weight excluding hydrogens is 585 g/mol. The fourth-order valence-electron chi connectivity index (χ4n) is 5.46. The first kappa shape index (κ1) is 25.8. The second-order valence-electron chi connectivity index (χ2n) is 9.05. The number of likely N-dealkylation sites (tertiary alicyclic amines) is 1. The van der Waals surface area contributed by atoms with Crippen LogP contribution in [0.4, 0.5) is 5.69 Å². The topological polar surface area (TPSA) is 93.9 Å². The van der Waals surface area contributed by atoms with Crippen LogP contribution in [0.15, 0.2) is 59.1 Å². The van der Waals surface area contributed by atoms with Crippen molar-refractivity contribution in [3.8, 4) is 11.5 Å². The van der Waals surface area contributed by atoms with Gasteiger partial charge < -0.3 is 14.8 Å². The van der Waals surface area contributed by atoms with Crippen LogP contribution < -0.4 is 14.8 Å². The van der Waals surface area contributed by atoms with E-state index in [9.17, 15) is 14.9 Å². The predicted octanol–water partition coefficient (Wildman–Crippen LogP) is 5.87. The number of halogens is 3. The average Bonchev–Trinajstić information content (AvgIpc) is 3.34. The number of benzene rings is 3. The van der Waals surface area contributed by atoms with Gasteiger partial charge in [0.15, 0.2) is 17.0 Å². The number of nitro groups is 1. The number of nitrogens with one attached hydrogen (secondary N) is 1. The second-order valence-corrected chi connectivity index (χ2v) is 10.7. The summed E-state index contributed by atoms with van der Waals surface area (Å²) in [6.07, 6.45) is 0. The van der Waals surface area contributed by atoms with Crippen LogP contribution in [0.2, 0.25) is 10.0 Å². The summed E-state index contributed by atoms with van der Waals surface area (Å²) in [6, 6.07) is 14.7. The Morgan fingerprint density at radius 2 is 1.95 bits per heavy atom. The van der Waals surface area contributed by atoms with Crippen LogP contribution >= 0.6 is 39.1 Å². The molecule has 0 bridgehead atoms. The molecule has 2 aliphatic heterocycles. The number of hydrogen-bond donors (Lipinski definition) is 1. The van der Waals surface area contributed by atoms with E-state index < -0.39 is 23.4 Å². The second kappa shape index (κ2) is 9.79. The summed E-state index contributed by atoms with van der Waals surface area (Å²) in [5, 5.41) is 16.3. The van der Waals surface area contributed by atoms with Crippen molar-refractivity contribution in [2.24, 2.45) is 0 Å². The van der Waals surface area contributed by atoms with Crippen LogP contribution in [0.5, 0.6) is 11.5 Å². The lowest BCUT2D eigenvalue weighted by Gasteiger charge is -2.30. The molecule has 1 N–H and O–H groups in total. The number of ether oxygens (including phenoxy) is 2. The standard InChI is InChI=1S/C26H22BrCl2N3O5/c1-31-12-16(24(32(34)35)26(31)17-5-3-4-6-21(17)30-25(26)33)15-10-18(27)23(22(11-15)36-2)37-13-14-7-8-19(28)20(29)9-14/h3-11,16,24H,12-13H2,1-2H3,(H,30,33)/t16-,24-,26-/m0/s1.